The minimum atomic E-state index is 0.108. The van der Waals surface area contributed by atoms with Crippen LogP contribution in [0.15, 0.2) is 54.6 Å². The van der Waals surface area contributed by atoms with E-state index in [9.17, 15) is 4.79 Å². The largest absolute Gasteiger partial charge is 0.376 e. The Bertz CT molecular complexity index is 664. The number of anilines is 2. The van der Waals surface area contributed by atoms with Crippen LogP contribution in [-0.2, 0) is 11.3 Å². The van der Waals surface area contributed by atoms with Crippen molar-refractivity contribution >= 4 is 17.3 Å². The van der Waals surface area contributed by atoms with Gasteiger partial charge in [-0.1, -0.05) is 30.3 Å². The average Bonchev–Trinajstić information content (AvgIpc) is 2.66. The zero-order chi connectivity index (χ0) is 18.9. The predicted octanol–water partition coefficient (Wildman–Crippen LogP) is 4.38. The van der Waals surface area contributed by atoms with E-state index in [1.165, 1.54) is 5.69 Å². The molecule has 0 heterocycles. The van der Waals surface area contributed by atoms with Crippen LogP contribution in [0.25, 0.3) is 0 Å². The molecule has 140 valence electrons. The van der Waals surface area contributed by atoms with Gasteiger partial charge in [-0.2, -0.15) is 0 Å². The Balaban J connectivity index is 1.95. The third kappa shape index (κ3) is 5.51. The summed E-state index contributed by atoms with van der Waals surface area (Å²) in [7, 11) is 0. The zero-order valence-corrected chi connectivity index (χ0v) is 16.4. The number of benzene rings is 2. The molecule has 0 saturated carbocycles. The number of nitrogens with zero attached hydrogens (tertiary/aromatic N) is 2. The molecular weight excluding hydrogens is 322 g/mol. The van der Waals surface area contributed by atoms with Crippen molar-refractivity contribution in [3.8, 4) is 0 Å². The summed E-state index contributed by atoms with van der Waals surface area (Å²) < 4.78 is 0. The molecule has 1 amide bonds. The first-order valence-corrected chi connectivity index (χ1v) is 9.47. The molecule has 2 aromatic rings. The van der Waals surface area contributed by atoms with E-state index in [-0.39, 0.29) is 11.9 Å². The van der Waals surface area contributed by atoms with Crippen LogP contribution in [0.2, 0.25) is 0 Å². The molecule has 0 unspecified atom stereocenters. The second-order valence-electron chi connectivity index (χ2n) is 6.67. The van der Waals surface area contributed by atoms with E-state index in [1.807, 2.05) is 35.2 Å². The third-order valence-corrected chi connectivity index (χ3v) is 4.58. The van der Waals surface area contributed by atoms with Gasteiger partial charge in [-0.05, 0) is 57.5 Å². The first-order valence-electron chi connectivity index (χ1n) is 9.47. The molecule has 0 aromatic heterocycles. The van der Waals surface area contributed by atoms with Crippen LogP contribution in [0, 0.1) is 0 Å². The van der Waals surface area contributed by atoms with E-state index >= 15 is 0 Å². The molecule has 0 saturated heterocycles. The van der Waals surface area contributed by atoms with E-state index < -0.39 is 0 Å². The summed E-state index contributed by atoms with van der Waals surface area (Å²) in [5.74, 6) is 0.108. The normalized spacial score (nSPS) is 10.7. The maximum Gasteiger partial charge on any atom is 0.242 e. The van der Waals surface area contributed by atoms with E-state index in [0.717, 1.165) is 24.3 Å². The van der Waals surface area contributed by atoms with Crippen molar-refractivity contribution in [3.63, 3.8) is 0 Å². The molecule has 1 N–H and O–H groups in total. The molecule has 0 aliphatic rings. The molecule has 2 rings (SSSR count). The van der Waals surface area contributed by atoms with Crippen LogP contribution in [-0.4, -0.2) is 36.5 Å². The van der Waals surface area contributed by atoms with Crippen LogP contribution in [0.1, 0.15) is 33.3 Å². The first kappa shape index (κ1) is 19.8. The smallest absolute Gasteiger partial charge is 0.242 e. The molecule has 26 heavy (non-hydrogen) atoms. The summed E-state index contributed by atoms with van der Waals surface area (Å²) in [5, 5.41) is 3.26. The van der Waals surface area contributed by atoms with Gasteiger partial charge in [0, 0.05) is 37.1 Å². The lowest BCUT2D eigenvalue weighted by molar-refractivity contribution is -0.131. The van der Waals surface area contributed by atoms with Gasteiger partial charge < -0.3 is 15.1 Å². The van der Waals surface area contributed by atoms with E-state index in [0.29, 0.717) is 13.1 Å². The molecule has 0 atom stereocenters. The minimum Gasteiger partial charge on any atom is -0.376 e. The quantitative estimate of drug-likeness (QED) is 0.726. The van der Waals surface area contributed by atoms with Gasteiger partial charge in [0.15, 0.2) is 0 Å². The Morgan fingerprint density at radius 2 is 1.58 bits per heavy atom. The van der Waals surface area contributed by atoms with Crippen molar-refractivity contribution in [2.45, 2.75) is 40.3 Å². The van der Waals surface area contributed by atoms with Crippen molar-refractivity contribution in [2.75, 3.05) is 29.9 Å². The molecule has 0 radical (unpaired) electrons. The van der Waals surface area contributed by atoms with E-state index in [1.54, 1.807) is 0 Å². The van der Waals surface area contributed by atoms with Crippen LogP contribution in [0.5, 0.6) is 0 Å². The molecule has 4 heteroatoms. The van der Waals surface area contributed by atoms with E-state index in [4.69, 9.17) is 0 Å². The van der Waals surface area contributed by atoms with Crippen molar-refractivity contribution in [1.82, 2.24) is 4.90 Å². The van der Waals surface area contributed by atoms with Gasteiger partial charge >= 0.3 is 0 Å². The van der Waals surface area contributed by atoms with Crippen LogP contribution < -0.4 is 10.2 Å². The van der Waals surface area contributed by atoms with Gasteiger partial charge in [0.05, 0.1) is 6.54 Å². The number of amides is 1. The molecule has 0 aliphatic heterocycles. The lowest BCUT2D eigenvalue weighted by atomic mass is 10.2. The van der Waals surface area contributed by atoms with Crippen molar-refractivity contribution in [3.05, 3.63) is 60.2 Å². The fourth-order valence-electron chi connectivity index (χ4n) is 3.00. The van der Waals surface area contributed by atoms with Gasteiger partial charge in [-0.25, -0.2) is 0 Å². The maximum absolute atomic E-state index is 12.7. The lowest BCUT2D eigenvalue weighted by Gasteiger charge is -2.27. The average molecular weight is 354 g/mol. The second-order valence-corrected chi connectivity index (χ2v) is 6.67. The van der Waals surface area contributed by atoms with Crippen LogP contribution in [0.3, 0.4) is 0 Å². The Hall–Kier alpha value is -2.49. The van der Waals surface area contributed by atoms with Gasteiger partial charge in [-0.15, -0.1) is 0 Å². The summed E-state index contributed by atoms with van der Waals surface area (Å²) in [6.45, 7) is 11.3. The van der Waals surface area contributed by atoms with Crippen molar-refractivity contribution in [1.29, 1.82) is 0 Å². The summed E-state index contributed by atoms with van der Waals surface area (Å²) in [5.41, 5.74) is 3.33. The SMILES string of the molecule is CCN(CC)c1ccc(NCC(=O)N(Cc2ccccc2)C(C)C)cc1. The first-order chi connectivity index (χ1) is 12.5. The topological polar surface area (TPSA) is 35.6 Å². The molecule has 2 aromatic carbocycles. The highest BCUT2D eigenvalue weighted by molar-refractivity contribution is 5.81. The highest BCUT2D eigenvalue weighted by Crippen LogP contribution is 2.18. The maximum atomic E-state index is 12.7. The fraction of sp³-hybridized carbons (Fsp3) is 0.409. The summed E-state index contributed by atoms with van der Waals surface area (Å²) in [6, 6.07) is 18.6. The standard InChI is InChI=1S/C22H31N3O/c1-5-24(6-2)21-14-12-20(13-15-21)23-16-22(26)25(18(3)4)17-19-10-8-7-9-11-19/h7-15,18,23H,5-6,16-17H2,1-4H3. The third-order valence-electron chi connectivity index (χ3n) is 4.58. The molecule has 0 fully saturated rings. The Morgan fingerprint density at radius 1 is 0.962 bits per heavy atom. The Labute approximate surface area is 157 Å². The summed E-state index contributed by atoms with van der Waals surface area (Å²) >= 11 is 0. The molecular formula is C22H31N3O. The zero-order valence-electron chi connectivity index (χ0n) is 16.4. The Morgan fingerprint density at radius 3 is 2.12 bits per heavy atom. The highest BCUT2D eigenvalue weighted by atomic mass is 16.2. The number of carbonyl (C=O) groups excluding carboxylic acids is 1. The van der Waals surface area contributed by atoms with E-state index in [2.05, 4.69) is 62.2 Å². The van der Waals surface area contributed by atoms with Crippen molar-refractivity contribution < 1.29 is 4.79 Å². The van der Waals surface area contributed by atoms with Gasteiger partial charge in [0.1, 0.15) is 0 Å². The fourth-order valence-corrected chi connectivity index (χ4v) is 3.00. The number of hydrogen-bond donors (Lipinski definition) is 1. The van der Waals surface area contributed by atoms with Gasteiger partial charge in [-0.3, -0.25) is 4.79 Å². The van der Waals surface area contributed by atoms with Gasteiger partial charge in [0.25, 0.3) is 0 Å². The van der Waals surface area contributed by atoms with Crippen LogP contribution in [0.4, 0.5) is 11.4 Å². The van der Waals surface area contributed by atoms with Crippen molar-refractivity contribution in [2.24, 2.45) is 0 Å². The number of nitrogens with one attached hydrogen (secondary N) is 1. The number of carbonyl (C=O) groups is 1. The summed E-state index contributed by atoms with van der Waals surface area (Å²) in [4.78, 5) is 16.9. The predicted molar refractivity (Wildman–Crippen MR) is 111 cm³/mol. The highest BCUT2D eigenvalue weighted by Gasteiger charge is 2.17. The van der Waals surface area contributed by atoms with Gasteiger partial charge in [0.2, 0.25) is 5.91 Å². The van der Waals surface area contributed by atoms with Crippen LogP contribution >= 0.6 is 0 Å². The second kappa shape index (κ2) is 9.85. The number of rotatable bonds is 9. The monoisotopic (exact) mass is 353 g/mol. The Kier molecular flexibility index (Phi) is 7.52. The molecule has 4 nitrogen and oxygen atoms in total. The minimum absolute atomic E-state index is 0.108. The molecule has 0 spiro atoms. The summed E-state index contributed by atoms with van der Waals surface area (Å²) in [6.07, 6.45) is 0. The lowest BCUT2D eigenvalue weighted by Crippen LogP contribution is -2.39. The number of hydrogen-bond acceptors (Lipinski definition) is 3. The molecule has 0 bridgehead atoms. The molecule has 0 aliphatic carbocycles.